The molecule has 2 heteroatoms. The van der Waals surface area contributed by atoms with Gasteiger partial charge in [0.25, 0.3) is 0 Å². The molecule has 17 heavy (non-hydrogen) atoms. The van der Waals surface area contributed by atoms with Crippen LogP contribution in [0.25, 0.3) is 11.1 Å². The second kappa shape index (κ2) is 5.29. The number of nitrogens with two attached hydrogens (primary N) is 1. The fraction of sp³-hybridized carbons (Fsp3) is 0.133. The van der Waals surface area contributed by atoms with Crippen LogP contribution in [-0.2, 0) is 0 Å². The van der Waals surface area contributed by atoms with Crippen molar-refractivity contribution in [2.75, 3.05) is 0 Å². The van der Waals surface area contributed by atoms with E-state index in [4.69, 9.17) is 11.0 Å². The van der Waals surface area contributed by atoms with Gasteiger partial charge in [-0.05, 0) is 22.8 Å². The Kier molecular flexibility index (Phi) is 3.54. The van der Waals surface area contributed by atoms with Crippen molar-refractivity contribution in [2.24, 2.45) is 5.73 Å². The van der Waals surface area contributed by atoms with Gasteiger partial charge in [-0.1, -0.05) is 48.5 Å². The third kappa shape index (κ3) is 2.72. The topological polar surface area (TPSA) is 49.8 Å². The third-order valence-corrected chi connectivity index (χ3v) is 2.73. The molecule has 0 aromatic heterocycles. The van der Waals surface area contributed by atoms with Gasteiger partial charge in [0.2, 0.25) is 0 Å². The average molecular weight is 222 g/mol. The summed E-state index contributed by atoms with van der Waals surface area (Å²) in [6.07, 6.45) is 0.345. The van der Waals surface area contributed by atoms with Gasteiger partial charge in [-0.3, -0.25) is 0 Å². The van der Waals surface area contributed by atoms with Gasteiger partial charge in [0.15, 0.2) is 0 Å². The van der Waals surface area contributed by atoms with Crippen LogP contribution in [0.4, 0.5) is 0 Å². The van der Waals surface area contributed by atoms with E-state index >= 15 is 0 Å². The number of nitriles is 1. The predicted octanol–water partition coefficient (Wildman–Crippen LogP) is 3.27. The van der Waals surface area contributed by atoms with Crippen LogP contribution in [0.15, 0.2) is 54.6 Å². The summed E-state index contributed by atoms with van der Waals surface area (Å²) < 4.78 is 0. The van der Waals surface area contributed by atoms with Gasteiger partial charge in [0.05, 0.1) is 12.5 Å². The second-order valence-electron chi connectivity index (χ2n) is 3.96. The Labute approximate surface area is 101 Å². The number of rotatable bonds is 3. The quantitative estimate of drug-likeness (QED) is 0.866. The Balaban J connectivity index is 2.33. The molecule has 0 radical (unpaired) electrons. The zero-order valence-corrected chi connectivity index (χ0v) is 9.51. The summed E-state index contributed by atoms with van der Waals surface area (Å²) >= 11 is 0. The molecule has 84 valence electrons. The first-order chi connectivity index (χ1) is 8.31. The van der Waals surface area contributed by atoms with Gasteiger partial charge in [-0.15, -0.1) is 0 Å². The van der Waals surface area contributed by atoms with Crippen LogP contribution >= 0.6 is 0 Å². The van der Waals surface area contributed by atoms with E-state index in [1.54, 1.807) is 0 Å². The van der Waals surface area contributed by atoms with Gasteiger partial charge in [0.1, 0.15) is 0 Å². The van der Waals surface area contributed by atoms with Crippen LogP contribution in [-0.4, -0.2) is 0 Å². The van der Waals surface area contributed by atoms with Crippen molar-refractivity contribution in [3.05, 3.63) is 60.2 Å². The second-order valence-corrected chi connectivity index (χ2v) is 3.96. The molecule has 2 aromatic rings. The molecule has 0 saturated carbocycles. The van der Waals surface area contributed by atoms with Gasteiger partial charge in [-0.25, -0.2) is 0 Å². The zero-order chi connectivity index (χ0) is 12.1. The summed E-state index contributed by atoms with van der Waals surface area (Å²) in [4.78, 5) is 0. The lowest BCUT2D eigenvalue weighted by Gasteiger charge is -2.10. The molecular formula is C15H14N2. The number of nitrogens with zero attached hydrogens (tertiary/aromatic N) is 1. The lowest BCUT2D eigenvalue weighted by molar-refractivity contribution is 0.749. The van der Waals surface area contributed by atoms with Crippen molar-refractivity contribution in [1.82, 2.24) is 0 Å². The van der Waals surface area contributed by atoms with Crippen LogP contribution in [0.3, 0.4) is 0 Å². The fourth-order valence-electron chi connectivity index (χ4n) is 1.80. The van der Waals surface area contributed by atoms with E-state index < -0.39 is 0 Å². The highest BCUT2D eigenvalue weighted by molar-refractivity contribution is 5.64. The van der Waals surface area contributed by atoms with Crippen LogP contribution in [0.2, 0.25) is 0 Å². The maximum Gasteiger partial charge on any atom is 0.0641 e. The predicted molar refractivity (Wildman–Crippen MR) is 69.0 cm³/mol. The normalized spacial score (nSPS) is 11.8. The average Bonchev–Trinajstić information content (AvgIpc) is 2.40. The summed E-state index contributed by atoms with van der Waals surface area (Å²) in [5.74, 6) is 0. The molecule has 1 atom stereocenters. The van der Waals surface area contributed by atoms with Crippen molar-refractivity contribution in [1.29, 1.82) is 5.26 Å². The Morgan fingerprint density at radius 3 is 2.41 bits per heavy atom. The smallest absolute Gasteiger partial charge is 0.0641 e. The Morgan fingerprint density at radius 2 is 1.71 bits per heavy atom. The van der Waals surface area contributed by atoms with Crippen molar-refractivity contribution in [3.63, 3.8) is 0 Å². The largest absolute Gasteiger partial charge is 0.323 e. The van der Waals surface area contributed by atoms with E-state index in [9.17, 15) is 0 Å². The van der Waals surface area contributed by atoms with Gasteiger partial charge in [-0.2, -0.15) is 5.26 Å². The molecule has 0 aliphatic carbocycles. The molecule has 2 N–H and O–H groups in total. The molecular weight excluding hydrogens is 208 g/mol. The van der Waals surface area contributed by atoms with Crippen molar-refractivity contribution < 1.29 is 0 Å². The molecule has 2 rings (SSSR count). The van der Waals surface area contributed by atoms with E-state index in [-0.39, 0.29) is 6.04 Å². The van der Waals surface area contributed by atoms with Gasteiger partial charge < -0.3 is 5.73 Å². The zero-order valence-electron chi connectivity index (χ0n) is 9.51. The third-order valence-electron chi connectivity index (χ3n) is 2.73. The van der Waals surface area contributed by atoms with E-state index in [1.807, 2.05) is 30.3 Å². The van der Waals surface area contributed by atoms with Crippen LogP contribution in [0, 0.1) is 11.3 Å². The lowest BCUT2D eigenvalue weighted by Crippen LogP contribution is -2.08. The van der Waals surface area contributed by atoms with Crippen molar-refractivity contribution >= 4 is 0 Å². The standard InChI is InChI=1S/C15H14N2/c16-10-9-15(17)14-8-4-7-13(11-14)12-5-2-1-3-6-12/h1-8,11,15H,9,17H2. The molecule has 0 aliphatic rings. The first-order valence-electron chi connectivity index (χ1n) is 5.59. The SMILES string of the molecule is N#CCC(N)c1cccc(-c2ccccc2)c1. The molecule has 0 bridgehead atoms. The molecule has 1 unspecified atom stereocenters. The number of benzene rings is 2. The summed E-state index contributed by atoms with van der Waals surface area (Å²) in [7, 11) is 0. The molecule has 0 heterocycles. The maximum absolute atomic E-state index is 8.65. The van der Waals surface area contributed by atoms with Crippen LogP contribution in [0.5, 0.6) is 0 Å². The highest BCUT2D eigenvalue weighted by Crippen LogP contribution is 2.23. The molecule has 0 aliphatic heterocycles. The van der Waals surface area contributed by atoms with Crippen molar-refractivity contribution in [2.45, 2.75) is 12.5 Å². The molecule has 2 aromatic carbocycles. The van der Waals surface area contributed by atoms with E-state index in [0.717, 1.165) is 11.1 Å². The van der Waals surface area contributed by atoms with E-state index in [1.165, 1.54) is 5.56 Å². The molecule has 0 amide bonds. The summed E-state index contributed by atoms with van der Waals surface area (Å²) in [5.41, 5.74) is 9.24. The summed E-state index contributed by atoms with van der Waals surface area (Å²) in [5, 5.41) is 8.65. The number of hydrogen-bond acceptors (Lipinski definition) is 2. The Bertz CT molecular complexity index is 526. The molecule has 0 saturated heterocycles. The Morgan fingerprint density at radius 1 is 1.00 bits per heavy atom. The fourth-order valence-corrected chi connectivity index (χ4v) is 1.80. The molecule has 0 fully saturated rings. The first kappa shape index (κ1) is 11.4. The summed E-state index contributed by atoms with van der Waals surface area (Å²) in [6, 6.07) is 20.1. The minimum Gasteiger partial charge on any atom is -0.323 e. The van der Waals surface area contributed by atoms with Gasteiger partial charge >= 0.3 is 0 Å². The van der Waals surface area contributed by atoms with Crippen LogP contribution in [0.1, 0.15) is 18.0 Å². The lowest BCUT2D eigenvalue weighted by atomic mass is 9.99. The van der Waals surface area contributed by atoms with Gasteiger partial charge in [0, 0.05) is 6.04 Å². The van der Waals surface area contributed by atoms with E-state index in [2.05, 4.69) is 30.3 Å². The molecule has 2 nitrogen and oxygen atoms in total. The van der Waals surface area contributed by atoms with E-state index in [0.29, 0.717) is 6.42 Å². The molecule has 0 spiro atoms. The van der Waals surface area contributed by atoms with Crippen LogP contribution < -0.4 is 5.73 Å². The monoisotopic (exact) mass is 222 g/mol. The first-order valence-corrected chi connectivity index (χ1v) is 5.59. The minimum atomic E-state index is -0.205. The maximum atomic E-state index is 8.65. The Hall–Kier alpha value is -2.11. The summed E-state index contributed by atoms with van der Waals surface area (Å²) in [6.45, 7) is 0. The van der Waals surface area contributed by atoms with Crippen molar-refractivity contribution in [3.8, 4) is 17.2 Å². The number of hydrogen-bond donors (Lipinski definition) is 1. The highest BCUT2D eigenvalue weighted by Gasteiger charge is 2.06. The minimum absolute atomic E-state index is 0.205. The highest BCUT2D eigenvalue weighted by atomic mass is 14.6.